The number of halogens is 1. The first-order valence-corrected chi connectivity index (χ1v) is 10.0. The molecule has 1 fully saturated rings. The first-order chi connectivity index (χ1) is 14.1. The molecule has 0 spiro atoms. The van der Waals surface area contributed by atoms with Crippen LogP contribution in [0.25, 0.3) is 0 Å². The van der Waals surface area contributed by atoms with Gasteiger partial charge in [-0.05, 0) is 48.2 Å². The lowest BCUT2D eigenvalue weighted by molar-refractivity contribution is -0.140. The standard InChI is InChI=1S/C23H25FN2O3/c1-28-20-7-2-4-16(12-20)14-26(23(27)18-5-3-6-18)15-21-13-22(25-29-21)17-8-10-19(24)11-9-17/h2,4,7-12,18,21H,3,5-6,13-15H2,1H3/t21-/m1/s1. The topological polar surface area (TPSA) is 51.1 Å². The van der Waals surface area contributed by atoms with Crippen LogP contribution >= 0.6 is 0 Å². The predicted octanol–water partition coefficient (Wildman–Crippen LogP) is 4.16. The molecule has 0 saturated heterocycles. The highest BCUT2D eigenvalue weighted by Crippen LogP contribution is 2.30. The zero-order chi connectivity index (χ0) is 20.2. The van der Waals surface area contributed by atoms with Gasteiger partial charge in [0, 0.05) is 18.9 Å². The highest BCUT2D eigenvalue weighted by Gasteiger charge is 2.33. The molecule has 0 N–H and O–H groups in total. The van der Waals surface area contributed by atoms with Crippen molar-refractivity contribution in [2.45, 2.75) is 38.3 Å². The van der Waals surface area contributed by atoms with Gasteiger partial charge < -0.3 is 14.5 Å². The number of hydrogen-bond acceptors (Lipinski definition) is 4. The zero-order valence-electron chi connectivity index (χ0n) is 16.5. The highest BCUT2D eigenvalue weighted by atomic mass is 19.1. The summed E-state index contributed by atoms with van der Waals surface area (Å²) >= 11 is 0. The number of ether oxygens (including phenoxy) is 1. The second-order valence-electron chi connectivity index (χ2n) is 7.67. The summed E-state index contributed by atoms with van der Waals surface area (Å²) in [5, 5.41) is 4.18. The Bertz CT molecular complexity index is 893. The molecule has 1 aliphatic heterocycles. The maximum Gasteiger partial charge on any atom is 0.226 e. The van der Waals surface area contributed by atoms with Crippen LogP contribution in [-0.4, -0.2) is 36.3 Å². The van der Waals surface area contributed by atoms with Gasteiger partial charge in [0.05, 0.1) is 19.4 Å². The fraction of sp³-hybridized carbons (Fsp3) is 0.391. The maximum absolute atomic E-state index is 13.2. The summed E-state index contributed by atoms with van der Waals surface area (Å²) in [5.41, 5.74) is 2.65. The minimum absolute atomic E-state index is 0.111. The fourth-order valence-corrected chi connectivity index (χ4v) is 3.72. The number of carbonyl (C=O) groups is 1. The van der Waals surface area contributed by atoms with Crippen LogP contribution in [0.15, 0.2) is 53.7 Å². The summed E-state index contributed by atoms with van der Waals surface area (Å²) < 4.78 is 18.5. The fourth-order valence-electron chi connectivity index (χ4n) is 3.72. The molecule has 5 nitrogen and oxygen atoms in total. The molecule has 29 heavy (non-hydrogen) atoms. The largest absolute Gasteiger partial charge is 0.497 e. The van der Waals surface area contributed by atoms with Crippen molar-refractivity contribution in [3.05, 3.63) is 65.5 Å². The molecule has 2 aromatic rings. The number of benzene rings is 2. The third-order valence-electron chi connectivity index (χ3n) is 5.61. The molecule has 0 bridgehead atoms. The lowest BCUT2D eigenvalue weighted by Crippen LogP contribution is -2.42. The Labute approximate surface area is 170 Å². The van der Waals surface area contributed by atoms with E-state index in [4.69, 9.17) is 9.57 Å². The van der Waals surface area contributed by atoms with Gasteiger partial charge in [-0.1, -0.05) is 35.8 Å². The number of rotatable bonds is 7. The van der Waals surface area contributed by atoms with Crippen molar-refractivity contribution in [2.75, 3.05) is 13.7 Å². The van der Waals surface area contributed by atoms with E-state index in [9.17, 15) is 9.18 Å². The summed E-state index contributed by atoms with van der Waals surface area (Å²) in [4.78, 5) is 20.5. The molecule has 1 saturated carbocycles. The monoisotopic (exact) mass is 396 g/mol. The SMILES string of the molecule is COc1cccc(CN(C[C@H]2CC(c3ccc(F)cc3)=NO2)C(=O)C2CCC2)c1. The number of amides is 1. The van der Waals surface area contributed by atoms with Crippen molar-refractivity contribution in [3.8, 4) is 5.75 Å². The Morgan fingerprint density at radius 3 is 2.72 bits per heavy atom. The van der Waals surface area contributed by atoms with Crippen LogP contribution in [0.4, 0.5) is 4.39 Å². The van der Waals surface area contributed by atoms with Gasteiger partial charge in [0.15, 0.2) is 6.10 Å². The lowest BCUT2D eigenvalue weighted by Gasteiger charge is -2.32. The van der Waals surface area contributed by atoms with E-state index in [-0.39, 0.29) is 23.7 Å². The molecule has 2 aliphatic rings. The third-order valence-corrected chi connectivity index (χ3v) is 5.61. The number of methoxy groups -OCH3 is 1. The van der Waals surface area contributed by atoms with Crippen molar-refractivity contribution >= 4 is 11.6 Å². The van der Waals surface area contributed by atoms with Gasteiger partial charge in [0.2, 0.25) is 5.91 Å². The van der Waals surface area contributed by atoms with Crippen LogP contribution < -0.4 is 4.74 Å². The second-order valence-corrected chi connectivity index (χ2v) is 7.67. The average Bonchev–Trinajstić information content (AvgIpc) is 3.15. The molecule has 0 radical (unpaired) electrons. The molecule has 1 aliphatic carbocycles. The van der Waals surface area contributed by atoms with Gasteiger partial charge in [-0.15, -0.1) is 0 Å². The average molecular weight is 396 g/mol. The Kier molecular flexibility index (Phi) is 5.79. The lowest BCUT2D eigenvalue weighted by atomic mass is 9.84. The van der Waals surface area contributed by atoms with Gasteiger partial charge in [-0.25, -0.2) is 4.39 Å². The third kappa shape index (κ3) is 4.58. The molecule has 0 aromatic heterocycles. The molecule has 1 heterocycles. The number of carbonyl (C=O) groups excluding carboxylic acids is 1. The normalized spacial score (nSPS) is 18.6. The van der Waals surface area contributed by atoms with E-state index >= 15 is 0 Å². The Balaban J connectivity index is 1.44. The van der Waals surface area contributed by atoms with Crippen molar-refractivity contribution < 1.29 is 18.8 Å². The van der Waals surface area contributed by atoms with Crippen molar-refractivity contribution in [1.29, 1.82) is 0 Å². The summed E-state index contributed by atoms with van der Waals surface area (Å²) in [7, 11) is 1.64. The Morgan fingerprint density at radius 2 is 2.03 bits per heavy atom. The molecule has 1 amide bonds. The van der Waals surface area contributed by atoms with Gasteiger partial charge in [-0.3, -0.25) is 4.79 Å². The molecule has 2 aromatic carbocycles. The smallest absolute Gasteiger partial charge is 0.226 e. The van der Waals surface area contributed by atoms with Crippen LogP contribution in [-0.2, 0) is 16.2 Å². The summed E-state index contributed by atoms with van der Waals surface area (Å²) in [6, 6.07) is 14.0. The Hall–Kier alpha value is -2.89. The van der Waals surface area contributed by atoms with Crippen molar-refractivity contribution in [1.82, 2.24) is 4.90 Å². The van der Waals surface area contributed by atoms with E-state index in [1.165, 1.54) is 12.1 Å². The summed E-state index contributed by atoms with van der Waals surface area (Å²) in [6.45, 7) is 0.985. The van der Waals surface area contributed by atoms with Gasteiger partial charge >= 0.3 is 0 Å². The van der Waals surface area contributed by atoms with E-state index in [0.29, 0.717) is 19.5 Å². The van der Waals surface area contributed by atoms with Gasteiger partial charge in [0.25, 0.3) is 0 Å². The molecule has 152 valence electrons. The predicted molar refractivity (Wildman–Crippen MR) is 108 cm³/mol. The van der Waals surface area contributed by atoms with E-state index in [2.05, 4.69) is 5.16 Å². The van der Waals surface area contributed by atoms with Crippen LogP contribution in [0.3, 0.4) is 0 Å². The van der Waals surface area contributed by atoms with E-state index < -0.39 is 0 Å². The second kappa shape index (κ2) is 8.64. The highest BCUT2D eigenvalue weighted by molar-refractivity contribution is 6.01. The van der Waals surface area contributed by atoms with Crippen molar-refractivity contribution in [2.24, 2.45) is 11.1 Å². The first-order valence-electron chi connectivity index (χ1n) is 10.0. The van der Waals surface area contributed by atoms with E-state index in [1.54, 1.807) is 19.2 Å². The molecule has 6 heteroatoms. The van der Waals surface area contributed by atoms with E-state index in [0.717, 1.165) is 41.9 Å². The number of oxime groups is 1. The first kappa shape index (κ1) is 19.4. The van der Waals surface area contributed by atoms with Crippen LogP contribution in [0.1, 0.15) is 36.8 Å². The molecular formula is C23H25FN2O3. The summed E-state index contributed by atoms with van der Waals surface area (Å²) in [6.07, 6.45) is 3.41. The maximum atomic E-state index is 13.2. The zero-order valence-corrected chi connectivity index (χ0v) is 16.5. The molecular weight excluding hydrogens is 371 g/mol. The van der Waals surface area contributed by atoms with E-state index in [1.807, 2.05) is 29.2 Å². The summed E-state index contributed by atoms with van der Waals surface area (Å²) in [5.74, 6) is 0.787. The van der Waals surface area contributed by atoms with Crippen LogP contribution in [0, 0.1) is 11.7 Å². The van der Waals surface area contributed by atoms with Crippen LogP contribution in [0.2, 0.25) is 0 Å². The molecule has 4 rings (SSSR count). The van der Waals surface area contributed by atoms with Crippen molar-refractivity contribution in [3.63, 3.8) is 0 Å². The Morgan fingerprint density at radius 1 is 1.24 bits per heavy atom. The number of hydrogen-bond donors (Lipinski definition) is 0. The minimum atomic E-state index is -0.277. The van der Waals surface area contributed by atoms with Gasteiger partial charge in [-0.2, -0.15) is 0 Å². The molecule has 0 unspecified atom stereocenters. The quantitative estimate of drug-likeness (QED) is 0.706. The number of nitrogens with zero attached hydrogens (tertiary/aromatic N) is 2. The minimum Gasteiger partial charge on any atom is -0.497 e. The molecule has 1 atom stereocenters. The van der Waals surface area contributed by atoms with Gasteiger partial charge in [0.1, 0.15) is 11.6 Å². The van der Waals surface area contributed by atoms with Crippen LogP contribution in [0.5, 0.6) is 5.75 Å².